The third-order valence-electron chi connectivity index (χ3n) is 4.77. The molecule has 0 saturated carbocycles. The molecule has 92 valence electrons. The van der Waals surface area contributed by atoms with Gasteiger partial charge in [-0.25, -0.2) is 0 Å². The van der Waals surface area contributed by atoms with Gasteiger partial charge in [0, 0.05) is 18.1 Å². The molecule has 3 rings (SSSR count). The summed E-state index contributed by atoms with van der Waals surface area (Å²) in [5.74, 6) is 2.76. The second-order valence-electron chi connectivity index (χ2n) is 5.65. The molecule has 3 aliphatic rings. The maximum Gasteiger partial charge on any atom is 0.0352 e. The van der Waals surface area contributed by atoms with Crippen molar-refractivity contribution < 1.29 is 0 Å². The molecular formula is C13H24N2S. The summed E-state index contributed by atoms with van der Waals surface area (Å²) in [5.41, 5.74) is 0.535. The van der Waals surface area contributed by atoms with Gasteiger partial charge in [0.15, 0.2) is 0 Å². The summed E-state index contributed by atoms with van der Waals surface area (Å²) >= 11 is 2.15. The maximum atomic E-state index is 3.71. The molecule has 1 spiro atoms. The minimum Gasteiger partial charge on any atom is -0.315 e. The second-order valence-corrected chi connectivity index (χ2v) is 6.87. The maximum absolute atomic E-state index is 3.71. The molecule has 3 fully saturated rings. The highest BCUT2D eigenvalue weighted by atomic mass is 32.2. The molecule has 0 aromatic rings. The molecule has 1 N–H and O–H groups in total. The summed E-state index contributed by atoms with van der Waals surface area (Å²) in [5, 5.41) is 3.71. The second kappa shape index (κ2) is 4.87. The first-order valence-corrected chi connectivity index (χ1v) is 8.11. The SMILES string of the molecule is C1CCN2C(C1)CCNCC21CCSCC1. The summed E-state index contributed by atoms with van der Waals surface area (Å²) in [6.45, 7) is 3.87. The smallest absolute Gasteiger partial charge is 0.0352 e. The highest BCUT2D eigenvalue weighted by Gasteiger charge is 2.43. The van der Waals surface area contributed by atoms with E-state index in [0.29, 0.717) is 5.54 Å². The van der Waals surface area contributed by atoms with E-state index in [1.807, 2.05) is 0 Å². The first-order chi connectivity index (χ1) is 7.91. The lowest BCUT2D eigenvalue weighted by Crippen LogP contribution is -2.59. The largest absolute Gasteiger partial charge is 0.315 e. The lowest BCUT2D eigenvalue weighted by atomic mass is 9.85. The Morgan fingerprint density at radius 1 is 1.12 bits per heavy atom. The standard InChI is InChI=1S/C13H24N2S/c1-2-8-15-12(3-1)4-7-14-11-13(15)5-9-16-10-6-13/h12,14H,1-11H2. The van der Waals surface area contributed by atoms with E-state index in [9.17, 15) is 0 Å². The van der Waals surface area contributed by atoms with E-state index in [2.05, 4.69) is 22.0 Å². The van der Waals surface area contributed by atoms with Gasteiger partial charge in [-0.2, -0.15) is 11.8 Å². The van der Waals surface area contributed by atoms with Crippen molar-refractivity contribution in [2.24, 2.45) is 0 Å². The van der Waals surface area contributed by atoms with Crippen LogP contribution >= 0.6 is 11.8 Å². The van der Waals surface area contributed by atoms with E-state index in [4.69, 9.17) is 0 Å². The van der Waals surface area contributed by atoms with Gasteiger partial charge in [-0.15, -0.1) is 0 Å². The number of nitrogens with one attached hydrogen (secondary N) is 1. The Balaban J connectivity index is 1.82. The Morgan fingerprint density at radius 2 is 2.00 bits per heavy atom. The van der Waals surface area contributed by atoms with Gasteiger partial charge in [-0.1, -0.05) is 6.42 Å². The highest BCUT2D eigenvalue weighted by molar-refractivity contribution is 7.99. The average Bonchev–Trinajstić information content (AvgIpc) is 2.52. The van der Waals surface area contributed by atoms with Gasteiger partial charge in [0.2, 0.25) is 0 Å². The number of thioether (sulfide) groups is 1. The van der Waals surface area contributed by atoms with Gasteiger partial charge >= 0.3 is 0 Å². The van der Waals surface area contributed by atoms with Gasteiger partial charge in [-0.3, -0.25) is 4.90 Å². The van der Waals surface area contributed by atoms with Gasteiger partial charge in [0.1, 0.15) is 0 Å². The number of fused-ring (bicyclic) bond motifs is 2. The first kappa shape index (κ1) is 11.4. The molecule has 1 unspecified atom stereocenters. The quantitative estimate of drug-likeness (QED) is 0.698. The summed E-state index contributed by atoms with van der Waals surface area (Å²) in [4.78, 5) is 2.91. The molecule has 2 nitrogen and oxygen atoms in total. The third-order valence-corrected chi connectivity index (χ3v) is 5.75. The van der Waals surface area contributed by atoms with Crippen molar-refractivity contribution in [1.29, 1.82) is 0 Å². The molecule has 0 bridgehead atoms. The van der Waals surface area contributed by atoms with Crippen LogP contribution in [0, 0.1) is 0 Å². The molecule has 3 heterocycles. The van der Waals surface area contributed by atoms with Gasteiger partial charge in [0.25, 0.3) is 0 Å². The molecule has 1 atom stereocenters. The van der Waals surface area contributed by atoms with Crippen LogP contribution in [0.25, 0.3) is 0 Å². The van der Waals surface area contributed by atoms with Crippen LogP contribution in [-0.2, 0) is 0 Å². The van der Waals surface area contributed by atoms with Crippen molar-refractivity contribution in [3.8, 4) is 0 Å². The zero-order valence-corrected chi connectivity index (χ0v) is 11.0. The molecule has 0 aromatic carbocycles. The van der Waals surface area contributed by atoms with Crippen molar-refractivity contribution in [1.82, 2.24) is 10.2 Å². The molecule has 0 radical (unpaired) electrons. The number of hydrogen-bond donors (Lipinski definition) is 1. The normalized spacial score (nSPS) is 35.6. The molecule has 3 aliphatic heterocycles. The molecule has 0 amide bonds. The molecule has 0 aliphatic carbocycles. The number of rotatable bonds is 0. The van der Waals surface area contributed by atoms with E-state index >= 15 is 0 Å². The first-order valence-electron chi connectivity index (χ1n) is 6.96. The predicted molar refractivity (Wildman–Crippen MR) is 71.1 cm³/mol. The van der Waals surface area contributed by atoms with Crippen LogP contribution in [0.1, 0.15) is 38.5 Å². The van der Waals surface area contributed by atoms with Crippen LogP contribution in [0.3, 0.4) is 0 Å². The van der Waals surface area contributed by atoms with Crippen LogP contribution in [0.4, 0.5) is 0 Å². The minimum absolute atomic E-state index is 0.535. The Kier molecular flexibility index (Phi) is 3.46. The Morgan fingerprint density at radius 3 is 2.88 bits per heavy atom. The summed E-state index contributed by atoms with van der Waals surface area (Å²) in [6, 6.07) is 0.895. The van der Waals surface area contributed by atoms with Crippen molar-refractivity contribution in [3.63, 3.8) is 0 Å². The Hall–Kier alpha value is 0.270. The Labute approximate surface area is 104 Å². The summed E-state index contributed by atoms with van der Waals surface area (Å²) in [6.07, 6.45) is 8.57. The molecule has 3 saturated heterocycles. The van der Waals surface area contributed by atoms with Crippen LogP contribution in [0.15, 0.2) is 0 Å². The summed E-state index contributed by atoms with van der Waals surface area (Å²) < 4.78 is 0. The van der Waals surface area contributed by atoms with Crippen LogP contribution < -0.4 is 5.32 Å². The monoisotopic (exact) mass is 240 g/mol. The lowest BCUT2D eigenvalue weighted by Gasteiger charge is -2.50. The van der Waals surface area contributed by atoms with Gasteiger partial charge in [0.05, 0.1) is 0 Å². The van der Waals surface area contributed by atoms with E-state index in [1.165, 1.54) is 69.7 Å². The van der Waals surface area contributed by atoms with E-state index < -0.39 is 0 Å². The zero-order chi connectivity index (χ0) is 10.8. The molecule has 0 aromatic heterocycles. The predicted octanol–water partition coefficient (Wildman–Crippen LogP) is 2.10. The fourth-order valence-corrected chi connectivity index (χ4v) is 5.08. The van der Waals surface area contributed by atoms with Crippen LogP contribution in [0.2, 0.25) is 0 Å². The third kappa shape index (κ3) is 2.02. The van der Waals surface area contributed by atoms with Crippen molar-refractivity contribution in [3.05, 3.63) is 0 Å². The Bertz CT molecular complexity index is 238. The highest BCUT2D eigenvalue weighted by Crippen LogP contribution is 2.38. The number of hydrogen-bond acceptors (Lipinski definition) is 3. The molecular weight excluding hydrogens is 216 g/mol. The minimum atomic E-state index is 0.535. The van der Waals surface area contributed by atoms with Crippen molar-refractivity contribution in [2.45, 2.75) is 50.1 Å². The van der Waals surface area contributed by atoms with E-state index in [1.54, 1.807) is 0 Å². The fourth-order valence-electron chi connectivity index (χ4n) is 3.83. The topological polar surface area (TPSA) is 15.3 Å². The van der Waals surface area contributed by atoms with Crippen molar-refractivity contribution >= 4 is 11.8 Å². The van der Waals surface area contributed by atoms with Crippen molar-refractivity contribution in [2.75, 3.05) is 31.1 Å². The van der Waals surface area contributed by atoms with Crippen LogP contribution in [0.5, 0.6) is 0 Å². The van der Waals surface area contributed by atoms with Gasteiger partial charge in [-0.05, 0) is 56.7 Å². The molecule has 3 heteroatoms. The molecule has 16 heavy (non-hydrogen) atoms. The van der Waals surface area contributed by atoms with E-state index in [-0.39, 0.29) is 0 Å². The van der Waals surface area contributed by atoms with E-state index in [0.717, 1.165) is 6.04 Å². The fraction of sp³-hybridized carbons (Fsp3) is 1.00. The summed E-state index contributed by atoms with van der Waals surface area (Å²) in [7, 11) is 0. The van der Waals surface area contributed by atoms with Gasteiger partial charge < -0.3 is 5.32 Å². The number of piperidine rings is 1. The average molecular weight is 240 g/mol. The lowest BCUT2D eigenvalue weighted by molar-refractivity contribution is 0.0214. The number of nitrogens with zero attached hydrogens (tertiary/aromatic N) is 1. The van der Waals surface area contributed by atoms with Crippen LogP contribution in [-0.4, -0.2) is 47.6 Å². The zero-order valence-electron chi connectivity index (χ0n) is 10.2.